The van der Waals surface area contributed by atoms with E-state index in [9.17, 15) is 0 Å². The molecule has 0 saturated carbocycles. The Hall–Kier alpha value is -2.18. The molecule has 7 heteroatoms. The lowest BCUT2D eigenvalue weighted by atomic mass is 10.4. The van der Waals surface area contributed by atoms with Gasteiger partial charge < -0.3 is 16.0 Å². The van der Waals surface area contributed by atoms with Gasteiger partial charge in [0.15, 0.2) is 11.5 Å². The van der Waals surface area contributed by atoms with Crippen LogP contribution in [0.25, 0.3) is 11.5 Å². The summed E-state index contributed by atoms with van der Waals surface area (Å²) in [4.78, 5) is 11.3. The van der Waals surface area contributed by atoms with Crippen LogP contribution in [0.15, 0.2) is 16.9 Å². The predicted molar refractivity (Wildman–Crippen MR) is 44.1 cm³/mol. The third-order valence-corrected chi connectivity index (χ3v) is 1.34. The van der Waals surface area contributed by atoms with Crippen LogP contribution in [0.5, 0.6) is 0 Å². The number of anilines is 2. The number of nitrogens with two attached hydrogens (primary N) is 2. The summed E-state index contributed by atoms with van der Waals surface area (Å²) in [5, 5.41) is 3.63. The molecule has 0 bridgehead atoms. The average molecular weight is 178 g/mol. The lowest BCUT2D eigenvalue weighted by molar-refractivity contribution is 0.422. The van der Waals surface area contributed by atoms with Gasteiger partial charge in [0.05, 0.1) is 0 Å². The second-order valence-electron chi connectivity index (χ2n) is 2.26. The summed E-state index contributed by atoms with van der Waals surface area (Å²) in [5.41, 5.74) is 11.2. The van der Waals surface area contributed by atoms with Gasteiger partial charge in [-0.3, -0.25) is 0 Å². The highest BCUT2D eigenvalue weighted by Gasteiger charge is 2.06. The SMILES string of the molecule is Nc1nc(N)nc(-c2ccon2)n1. The quantitative estimate of drug-likeness (QED) is 0.615. The Kier molecular flexibility index (Phi) is 1.55. The molecule has 0 unspecified atom stereocenters. The standard InChI is InChI=1S/C6H6N6O/c7-5-9-4(10-6(8)11-5)3-1-2-13-12-3/h1-2H,(H4,7,8,9,10,11). The fraction of sp³-hybridized carbons (Fsp3) is 0. The molecule has 0 fully saturated rings. The fourth-order valence-corrected chi connectivity index (χ4v) is 0.852. The Morgan fingerprint density at radius 3 is 2.31 bits per heavy atom. The van der Waals surface area contributed by atoms with E-state index in [0.29, 0.717) is 11.5 Å². The summed E-state index contributed by atoms with van der Waals surface area (Å²) in [6, 6.07) is 1.61. The minimum absolute atomic E-state index is 0.0606. The van der Waals surface area contributed by atoms with Gasteiger partial charge in [-0.05, 0) is 0 Å². The van der Waals surface area contributed by atoms with Gasteiger partial charge in [-0.1, -0.05) is 5.16 Å². The lowest BCUT2D eigenvalue weighted by Gasteiger charge is -1.96. The van der Waals surface area contributed by atoms with Gasteiger partial charge in [0.2, 0.25) is 11.9 Å². The molecule has 0 atom stereocenters. The maximum Gasteiger partial charge on any atom is 0.225 e. The molecule has 0 aliphatic heterocycles. The summed E-state index contributed by atoms with van der Waals surface area (Å²) < 4.78 is 4.62. The maximum atomic E-state index is 5.36. The molecule has 0 aromatic carbocycles. The van der Waals surface area contributed by atoms with Crippen molar-refractivity contribution >= 4 is 11.9 Å². The second kappa shape index (κ2) is 2.70. The van der Waals surface area contributed by atoms with Crippen LogP contribution in [0.1, 0.15) is 0 Å². The van der Waals surface area contributed by atoms with Crippen molar-refractivity contribution in [2.45, 2.75) is 0 Å². The summed E-state index contributed by atoms with van der Waals surface area (Å²) in [6.07, 6.45) is 1.41. The molecular formula is C6H6N6O. The molecule has 2 heterocycles. The van der Waals surface area contributed by atoms with Crippen molar-refractivity contribution < 1.29 is 4.52 Å². The molecule has 0 spiro atoms. The predicted octanol–water partition coefficient (Wildman–Crippen LogP) is -0.309. The zero-order valence-electron chi connectivity index (χ0n) is 6.51. The van der Waals surface area contributed by atoms with Gasteiger partial charge in [-0.15, -0.1) is 0 Å². The highest BCUT2D eigenvalue weighted by atomic mass is 16.5. The Morgan fingerprint density at radius 2 is 1.77 bits per heavy atom. The molecule has 2 rings (SSSR count). The summed E-state index contributed by atoms with van der Waals surface area (Å²) in [6.45, 7) is 0. The third kappa shape index (κ3) is 1.39. The van der Waals surface area contributed by atoms with Crippen LogP contribution in [-0.2, 0) is 0 Å². The highest BCUT2D eigenvalue weighted by Crippen LogP contribution is 2.12. The molecule has 4 N–H and O–H groups in total. The molecule has 2 aromatic heterocycles. The van der Waals surface area contributed by atoms with E-state index in [1.807, 2.05) is 0 Å². The number of aromatic nitrogens is 4. The van der Waals surface area contributed by atoms with Crippen LogP contribution < -0.4 is 11.5 Å². The zero-order valence-corrected chi connectivity index (χ0v) is 6.51. The van der Waals surface area contributed by atoms with Crippen molar-refractivity contribution in [1.82, 2.24) is 20.1 Å². The van der Waals surface area contributed by atoms with Crippen molar-refractivity contribution in [3.63, 3.8) is 0 Å². The monoisotopic (exact) mass is 178 g/mol. The van der Waals surface area contributed by atoms with Crippen LogP contribution in [-0.4, -0.2) is 20.1 Å². The van der Waals surface area contributed by atoms with E-state index in [-0.39, 0.29) is 11.9 Å². The van der Waals surface area contributed by atoms with E-state index in [2.05, 4.69) is 24.6 Å². The van der Waals surface area contributed by atoms with E-state index in [1.165, 1.54) is 6.26 Å². The van der Waals surface area contributed by atoms with Crippen LogP contribution >= 0.6 is 0 Å². The topological polar surface area (TPSA) is 117 Å². The normalized spacial score (nSPS) is 10.2. The van der Waals surface area contributed by atoms with E-state index in [1.54, 1.807) is 6.07 Å². The van der Waals surface area contributed by atoms with Crippen molar-refractivity contribution in [2.75, 3.05) is 11.5 Å². The molecule has 0 aliphatic carbocycles. The molecule has 2 aromatic rings. The number of nitrogens with zero attached hydrogens (tertiary/aromatic N) is 4. The van der Waals surface area contributed by atoms with E-state index in [0.717, 1.165) is 0 Å². The molecule has 0 amide bonds. The Bertz CT molecular complexity index is 391. The average Bonchev–Trinajstić information content (AvgIpc) is 2.53. The summed E-state index contributed by atoms with van der Waals surface area (Å²) in [7, 11) is 0. The number of nitrogen functional groups attached to an aromatic ring is 2. The summed E-state index contributed by atoms with van der Waals surface area (Å²) >= 11 is 0. The van der Waals surface area contributed by atoms with Crippen molar-refractivity contribution in [2.24, 2.45) is 0 Å². The van der Waals surface area contributed by atoms with Gasteiger partial charge in [0, 0.05) is 6.07 Å². The zero-order chi connectivity index (χ0) is 9.26. The largest absolute Gasteiger partial charge is 0.368 e. The fourth-order valence-electron chi connectivity index (χ4n) is 0.852. The molecular weight excluding hydrogens is 172 g/mol. The molecule has 13 heavy (non-hydrogen) atoms. The minimum atomic E-state index is 0.0606. The van der Waals surface area contributed by atoms with Crippen LogP contribution in [0.3, 0.4) is 0 Å². The number of rotatable bonds is 1. The van der Waals surface area contributed by atoms with Crippen LogP contribution in [0.4, 0.5) is 11.9 Å². The number of hydrogen-bond donors (Lipinski definition) is 2. The highest BCUT2D eigenvalue weighted by molar-refractivity contribution is 5.50. The number of hydrogen-bond acceptors (Lipinski definition) is 7. The van der Waals surface area contributed by atoms with Gasteiger partial charge in [0.1, 0.15) is 6.26 Å². The van der Waals surface area contributed by atoms with E-state index >= 15 is 0 Å². The first kappa shape index (κ1) is 7.47. The van der Waals surface area contributed by atoms with Gasteiger partial charge >= 0.3 is 0 Å². The first-order valence-corrected chi connectivity index (χ1v) is 3.43. The lowest BCUT2D eigenvalue weighted by Crippen LogP contribution is -2.04. The van der Waals surface area contributed by atoms with Crippen LogP contribution in [0, 0.1) is 0 Å². The molecule has 7 nitrogen and oxygen atoms in total. The second-order valence-corrected chi connectivity index (χ2v) is 2.26. The smallest absolute Gasteiger partial charge is 0.225 e. The summed E-state index contributed by atoms with van der Waals surface area (Å²) in [5.74, 6) is 0.426. The third-order valence-electron chi connectivity index (χ3n) is 1.34. The molecule has 0 saturated heterocycles. The van der Waals surface area contributed by atoms with E-state index in [4.69, 9.17) is 11.5 Å². The molecule has 66 valence electrons. The van der Waals surface area contributed by atoms with Crippen molar-refractivity contribution in [3.05, 3.63) is 12.3 Å². The van der Waals surface area contributed by atoms with Gasteiger partial charge in [-0.2, -0.15) is 15.0 Å². The molecule has 0 radical (unpaired) electrons. The van der Waals surface area contributed by atoms with E-state index < -0.39 is 0 Å². The van der Waals surface area contributed by atoms with Crippen LogP contribution in [0.2, 0.25) is 0 Å². The van der Waals surface area contributed by atoms with Crippen molar-refractivity contribution in [3.8, 4) is 11.5 Å². The minimum Gasteiger partial charge on any atom is -0.368 e. The van der Waals surface area contributed by atoms with Gasteiger partial charge in [0.25, 0.3) is 0 Å². The Labute approximate surface area is 72.8 Å². The van der Waals surface area contributed by atoms with Gasteiger partial charge in [-0.25, -0.2) is 0 Å². The van der Waals surface area contributed by atoms with Crippen molar-refractivity contribution in [1.29, 1.82) is 0 Å². The first-order valence-electron chi connectivity index (χ1n) is 3.43. The maximum absolute atomic E-state index is 5.36. The molecule has 0 aliphatic rings. The first-order chi connectivity index (χ1) is 6.25. The Morgan fingerprint density at radius 1 is 1.08 bits per heavy atom. The Balaban J connectivity index is 2.53.